The van der Waals surface area contributed by atoms with Crippen LogP contribution in [0.4, 0.5) is 74.6 Å². The Morgan fingerprint density at radius 1 is 0.403 bits per heavy atom. The summed E-state index contributed by atoms with van der Waals surface area (Å²) in [5.41, 5.74) is -12.2. The van der Waals surface area contributed by atoms with E-state index in [1.165, 1.54) is 45.9 Å². The highest BCUT2D eigenvalue weighted by Gasteiger charge is 2.38. The molecule has 0 heterocycles. The Morgan fingerprint density at radius 3 is 1.01 bits per heavy atom. The van der Waals surface area contributed by atoms with E-state index in [9.17, 15) is 53.9 Å². The Morgan fingerprint density at radius 2 is 0.672 bits per heavy atom. The zero-order chi connectivity index (χ0) is 50.4. The van der Waals surface area contributed by atoms with Gasteiger partial charge in [0.05, 0.1) is 28.4 Å². The molecule has 5 nitrogen and oxygen atoms in total. The fourth-order valence-electron chi connectivity index (χ4n) is 7.16. The van der Waals surface area contributed by atoms with Gasteiger partial charge < -0.3 is 19.3 Å². The molecule has 0 saturated heterocycles. The summed E-state index contributed by atoms with van der Waals surface area (Å²) in [6.07, 6.45) is -1.28. The van der Waals surface area contributed by atoms with E-state index in [4.69, 9.17) is 9.47 Å². The molecule has 0 bridgehead atoms. The van der Waals surface area contributed by atoms with Crippen LogP contribution in [0.1, 0.15) is 52.8 Å². The van der Waals surface area contributed by atoms with Crippen LogP contribution >= 0.6 is 7.60 Å². The molecule has 0 spiro atoms. The third kappa shape index (κ3) is 8.36. The van der Waals surface area contributed by atoms with Crippen LogP contribution in [-0.2, 0) is 16.1 Å². The van der Waals surface area contributed by atoms with Gasteiger partial charge in [-0.1, -0.05) is 38.1 Å². The molecule has 0 amide bonds. The quantitative estimate of drug-likeness (QED) is 0.0619. The molecule has 2 N–H and O–H groups in total. The molecule has 0 fully saturated rings. The van der Waals surface area contributed by atoms with E-state index in [1.54, 1.807) is 0 Å². The molecule has 0 aromatic heterocycles. The van der Waals surface area contributed by atoms with E-state index < -0.39 is 174 Å². The lowest BCUT2D eigenvalue weighted by molar-refractivity contribution is 0.358. The number of hydrogen-bond donors (Lipinski definition) is 2. The SMILES string of the molecule is Cc1cc(C(C)(C)c2cc(C)c(Oc3c(F)c(F)c(-c4c(F)c(F)c(C)c(F)c4F)c(F)c3F)c(CP(=O)(O)O)c2)cc(C)c1Oc1c(F)c(F)c(-c2c(F)c(F)c(F)c(F)c2F)c(F)c1F. The summed E-state index contributed by atoms with van der Waals surface area (Å²) in [6, 6.07) is 4.77. The maximum absolute atomic E-state index is 15.5. The average Bonchev–Trinajstić information content (AvgIpc) is 3.25. The summed E-state index contributed by atoms with van der Waals surface area (Å²) in [5, 5.41) is 0. The van der Waals surface area contributed by atoms with E-state index in [1.807, 2.05) is 0 Å². The van der Waals surface area contributed by atoms with Crippen molar-refractivity contribution in [3.05, 3.63) is 162 Å². The van der Waals surface area contributed by atoms with Crippen molar-refractivity contribution in [3.8, 4) is 45.3 Å². The molecule has 6 aromatic rings. The summed E-state index contributed by atoms with van der Waals surface area (Å²) >= 11 is 0. The predicted octanol–water partition coefficient (Wildman–Crippen LogP) is 14.2. The van der Waals surface area contributed by atoms with E-state index in [2.05, 4.69) is 0 Å². The van der Waals surface area contributed by atoms with Crippen molar-refractivity contribution < 1.29 is 98.5 Å². The molecular formula is C44H26F17O5P. The van der Waals surface area contributed by atoms with Gasteiger partial charge in [0, 0.05) is 16.5 Å². The van der Waals surface area contributed by atoms with Crippen LogP contribution in [0.3, 0.4) is 0 Å². The van der Waals surface area contributed by atoms with Crippen LogP contribution in [0.15, 0.2) is 24.3 Å². The number of rotatable bonds is 10. The zero-order valence-electron chi connectivity index (χ0n) is 34.5. The monoisotopic (exact) mass is 988 g/mol. The molecule has 6 aromatic carbocycles. The van der Waals surface area contributed by atoms with Crippen molar-refractivity contribution in [3.63, 3.8) is 0 Å². The Bertz CT molecular complexity index is 3030. The highest BCUT2D eigenvalue weighted by atomic mass is 31.2. The Kier molecular flexibility index (Phi) is 13.1. The summed E-state index contributed by atoms with van der Waals surface area (Å²) in [5.74, 6) is -48.3. The van der Waals surface area contributed by atoms with Gasteiger partial charge in [-0.2, -0.15) is 17.6 Å². The first kappa shape index (κ1) is 50.3. The molecule has 0 atom stereocenters. The maximum atomic E-state index is 15.5. The molecule has 356 valence electrons. The van der Waals surface area contributed by atoms with Crippen molar-refractivity contribution in [1.82, 2.24) is 0 Å². The number of hydrogen-bond acceptors (Lipinski definition) is 3. The molecule has 0 unspecified atom stereocenters. The van der Waals surface area contributed by atoms with Gasteiger partial charge in [0.15, 0.2) is 69.8 Å². The number of aryl methyl sites for hydroxylation is 3. The predicted molar refractivity (Wildman–Crippen MR) is 203 cm³/mol. The molecule has 23 heteroatoms. The average molecular weight is 989 g/mol. The lowest BCUT2D eigenvalue weighted by atomic mass is 9.76. The first-order chi connectivity index (χ1) is 30.9. The molecule has 0 aliphatic rings. The molecular weight excluding hydrogens is 962 g/mol. The van der Waals surface area contributed by atoms with Gasteiger partial charge in [-0.3, -0.25) is 4.57 Å². The van der Waals surface area contributed by atoms with Gasteiger partial charge in [-0.05, 0) is 55.5 Å². The van der Waals surface area contributed by atoms with E-state index in [0.717, 1.165) is 13.0 Å². The number of halogens is 17. The van der Waals surface area contributed by atoms with Crippen molar-refractivity contribution >= 4 is 7.60 Å². The van der Waals surface area contributed by atoms with E-state index in [-0.39, 0.29) is 27.8 Å². The van der Waals surface area contributed by atoms with Crippen molar-refractivity contribution in [1.29, 1.82) is 0 Å². The van der Waals surface area contributed by atoms with Crippen LogP contribution in [0.25, 0.3) is 22.3 Å². The molecule has 0 aliphatic carbocycles. The normalized spacial score (nSPS) is 12.1. The van der Waals surface area contributed by atoms with Crippen LogP contribution in [0, 0.1) is 127 Å². The largest absolute Gasteiger partial charge is 0.450 e. The van der Waals surface area contributed by atoms with Crippen LogP contribution in [0.5, 0.6) is 23.0 Å². The first-order valence-electron chi connectivity index (χ1n) is 18.6. The minimum Gasteiger partial charge on any atom is -0.450 e. The lowest BCUT2D eigenvalue weighted by Crippen LogP contribution is -2.20. The molecule has 0 radical (unpaired) electrons. The summed E-state index contributed by atoms with van der Waals surface area (Å²) in [4.78, 5) is 19.9. The van der Waals surface area contributed by atoms with Gasteiger partial charge in [0.1, 0.15) is 11.5 Å². The van der Waals surface area contributed by atoms with Crippen LogP contribution in [0.2, 0.25) is 0 Å². The second kappa shape index (κ2) is 17.5. The van der Waals surface area contributed by atoms with Gasteiger partial charge >= 0.3 is 7.60 Å². The van der Waals surface area contributed by atoms with Gasteiger partial charge in [-0.15, -0.1) is 0 Å². The standard InChI is InChI=1S/C44H26F17O5P/c1-12-7-17(8-13(2)40(12)65-42-36(58)31(53)22(32(54)37(42)59)20-27(49)33(55)35(57)34(56)28(20)50)44(5,6)18-9-14(3)41(16(10-18)11-67(62,63)64)66-43-38(60)29(51)21(30(52)39(43)61)19-25(47)23(45)15(4)24(46)26(19)48/h7-10H,11H2,1-6H3,(H2,62,63,64). The lowest BCUT2D eigenvalue weighted by Gasteiger charge is -2.30. The summed E-state index contributed by atoms with van der Waals surface area (Å²) < 4.78 is 274. The van der Waals surface area contributed by atoms with E-state index in [0.29, 0.717) is 6.92 Å². The summed E-state index contributed by atoms with van der Waals surface area (Å²) in [6.45, 7) is 7.16. The van der Waals surface area contributed by atoms with Gasteiger partial charge in [0.25, 0.3) is 0 Å². The fourth-order valence-corrected chi connectivity index (χ4v) is 7.84. The number of benzene rings is 6. The third-order valence-corrected chi connectivity index (χ3v) is 11.4. The number of ether oxygens (including phenoxy) is 2. The third-order valence-electron chi connectivity index (χ3n) is 10.7. The smallest absolute Gasteiger partial charge is 0.330 e. The maximum Gasteiger partial charge on any atom is 0.330 e. The summed E-state index contributed by atoms with van der Waals surface area (Å²) in [7, 11) is -5.19. The minimum absolute atomic E-state index is 0.0621. The molecule has 0 saturated carbocycles. The van der Waals surface area contributed by atoms with E-state index >= 15 is 35.1 Å². The van der Waals surface area contributed by atoms with Crippen molar-refractivity contribution in [2.75, 3.05) is 0 Å². The second-order valence-electron chi connectivity index (χ2n) is 15.5. The van der Waals surface area contributed by atoms with Crippen LogP contribution < -0.4 is 9.47 Å². The topological polar surface area (TPSA) is 76.0 Å². The zero-order valence-corrected chi connectivity index (χ0v) is 35.4. The Hall–Kier alpha value is -6.12. The Labute approximate surface area is 366 Å². The van der Waals surface area contributed by atoms with Gasteiger partial charge in [0.2, 0.25) is 40.6 Å². The molecule has 6 rings (SSSR count). The highest BCUT2D eigenvalue weighted by Crippen LogP contribution is 2.49. The highest BCUT2D eigenvalue weighted by molar-refractivity contribution is 7.50. The molecule has 67 heavy (non-hydrogen) atoms. The molecule has 0 aliphatic heterocycles. The first-order valence-corrected chi connectivity index (χ1v) is 20.4. The van der Waals surface area contributed by atoms with Crippen LogP contribution in [-0.4, -0.2) is 9.79 Å². The van der Waals surface area contributed by atoms with Crippen molar-refractivity contribution in [2.45, 2.75) is 53.1 Å². The van der Waals surface area contributed by atoms with Gasteiger partial charge in [-0.25, -0.2) is 57.1 Å². The van der Waals surface area contributed by atoms with Crippen molar-refractivity contribution in [2.24, 2.45) is 0 Å². The minimum atomic E-state index is -5.19. The fraction of sp³-hybridized carbons (Fsp3) is 0.182. The second-order valence-corrected chi connectivity index (χ2v) is 17.1. The Balaban J connectivity index is 1.42.